The molecule has 1 aliphatic carbocycles. The molecular weight excluding hydrogens is 238 g/mol. The van der Waals surface area contributed by atoms with Gasteiger partial charge in [0.2, 0.25) is 0 Å². The molecular formula is C16H31NO2. The predicted octanol–water partition coefficient (Wildman–Crippen LogP) is 3.51. The molecule has 1 N–H and O–H groups in total. The summed E-state index contributed by atoms with van der Waals surface area (Å²) in [7, 11) is 1.67. The summed E-state index contributed by atoms with van der Waals surface area (Å²) in [6.45, 7) is 10.9. The molecule has 1 atom stereocenters. The molecule has 3 nitrogen and oxygen atoms in total. The molecule has 1 unspecified atom stereocenters. The second-order valence-corrected chi connectivity index (χ2v) is 3.97. The van der Waals surface area contributed by atoms with Crippen LogP contribution in [0.25, 0.3) is 0 Å². The molecule has 0 spiro atoms. The van der Waals surface area contributed by atoms with Crippen LogP contribution in [0.15, 0.2) is 24.8 Å². The first kappa shape index (κ1) is 20.4. The van der Waals surface area contributed by atoms with Gasteiger partial charge in [-0.25, -0.2) is 0 Å². The maximum Gasteiger partial charge on any atom is 0.149 e. The van der Waals surface area contributed by atoms with Crippen molar-refractivity contribution in [2.45, 2.75) is 52.5 Å². The van der Waals surface area contributed by atoms with Crippen LogP contribution in [0.5, 0.6) is 0 Å². The maximum atomic E-state index is 11.3. The minimum Gasteiger partial charge on any atom is -0.383 e. The van der Waals surface area contributed by atoms with Gasteiger partial charge < -0.3 is 10.1 Å². The van der Waals surface area contributed by atoms with E-state index in [2.05, 4.69) is 11.9 Å². The number of hydrogen-bond acceptors (Lipinski definition) is 3. The number of carbonyl (C=O) groups excluding carboxylic acids is 1. The van der Waals surface area contributed by atoms with Crippen LogP contribution in [-0.4, -0.2) is 32.1 Å². The fraction of sp³-hybridized carbons (Fsp3) is 0.688. The third-order valence-electron chi connectivity index (χ3n) is 2.58. The molecule has 1 fully saturated rings. The van der Waals surface area contributed by atoms with Crippen molar-refractivity contribution < 1.29 is 9.53 Å². The summed E-state index contributed by atoms with van der Waals surface area (Å²) < 4.78 is 4.89. The standard InChI is InChI=1S/C9H17NO2.C5H8.C2H6/c1-12-7-6-10-8-4-2-3-5-9(8)11;1-3-5-4-2;1-2/h8,10H,2-7H2,1H3;3-5H,1H2,2H3;1-2H3/b;5-4-;. The van der Waals surface area contributed by atoms with Crippen LogP contribution in [0.4, 0.5) is 0 Å². The molecule has 3 heteroatoms. The Bertz CT molecular complexity index is 237. The molecule has 0 saturated heterocycles. The van der Waals surface area contributed by atoms with Crippen molar-refractivity contribution in [2.24, 2.45) is 0 Å². The lowest BCUT2D eigenvalue weighted by atomic mass is 9.94. The summed E-state index contributed by atoms with van der Waals surface area (Å²) in [6.07, 6.45) is 9.58. The van der Waals surface area contributed by atoms with E-state index in [4.69, 9.17) is 4.74 Å². The number of nitrogens with one attached hydrogen (secondary N) is 1. The quantitative estimate of drug-likeness (QED) is 0.613. The molecule has 112 valence electrons. The number of ketones is 1. The average Bonchev–Trinajstić information content (AvgIpc) is 2.45. The van der Waals surface area contributed by atoms with Gasteiger partial charge in [-0.1, -0.05) is 45.1 Å². The molecule has 19 heavy (non-hydrogen) atoms. The largest absolute Gasteiger partial charge is 0.383 e. The van der Waals surface area contributed by atoms with Crippen LogP contribution in [0.2, 0.25) is 0 Å². The van der Waals surface area contributed by atoms with Gasteiger partial charge in [-0.3, -0.25) is 4.79 Å². The fourth-order valence-electron chi connectivity index (χ4n) is 1.67. The highest BCUT2D eigenvalue weighted by molar-refractivity contribution is 5.84. The molecule has 0 amide bonds. The van der Waals surface area contributed by atoms with E-state index in [0.717, 1.165) is 25.8 Å². The second-order valence-electron chi connectivity index (χ2n) is 3.97. The van der Waals surface area contributed by atoms with Gasteiger partial charge in [-0.2, -0.15) is 0 Å². The number of carbonyl (C=O) groups is 1. The van der Waals surface area contributed by atoms with Crippen LogP contribution >= 0.6 is 0 Å². The molecule has 1 saturated carbocycles. The van der Waals surface area contributed by atoms with Gasteiger partial charge >= 0.3 is 0 Å². The molecule has 0 aromatic carbocycles. The van der Waals surface area contributed by atoms with Crippen LogP contribution in [0.1, 0.15) is 46.5 Å². The van der Waals surface area contributed by atoms with Crippen LogP contribution in [-0.2, 0) is 9.53 Å². The summed E-state index contributed by atoms with van der Waals surface area (Å²) in [5, 5.41) is 3.20. The molecule has 0 radical (unpaired) electrons. The van der Waals surface area contributed by atoms with Crippen molar-refractivity contribution in [3.63, 3.8) is 0 Å². The highest BCUT2D eigenvalue weighted by Gasteiger charge is 2.20. The van der Waals surface area contributed by atoms with Crippen molar-refractivity contribution in [2.75, 3.05) is 20.3 Å². The van der Waals surface area contributed by atoms with E-state index in [1.807, 2.05) is 32.9 Å². The molecule has 0 aromatic heterocycles. The predicted molar refractivity (Wildman–Crippen MR) is 83.5 cm³/mol. The number of Topliss-reactive ketones (excluding diaryl/α,β-unsaturated/α-hetero) is 1. The van der Waals surface area contributed by atoms with Gasteiger partial charge in [0.1, 0.15) is 5.78 Å². The fourth-order valence-corrected chi connectivity index (χ4v) is 1.67. The van der Waals surface area contributed by atoms with E-state index in [1.165, 1.54) is 6.42 Å². The molecule has 0 heterocycles. The van der Waals surface area contributed by atoms with E-state index < -0.39 is 0 Å². The molecule has 0 aromatic rings. The molecule has 0 aliphatic heterocycles. The Balaban J connectivity index is 0. The van der Waals surface area contributed by atoms with Gasteiger partial charge in [0.15, 0.2) is 0 Å². The Morgan fingerprint density at radius 3 is 2.53 bits per heavy atom. The summed E-state index contributed by atoms with van der Waals surface area (Å²) in [6, 6.07) is 0.105. The number of rotatable bonds is 5. The van der Waals surface area contributed by atoms with Crippen molar-refractivity contribution in [1.29, 1.82) is 0 Å². The Kier molecular flexibility index (Phi) is 18.3. The van der Waals surface area contributed by atoms with E-state index in [1.54, 1.807) is 13.2 Å². The summed E-state index contributed by atoms with van der Waals surface area (Å²) >= 11 is 0. The maximum absolute atomic E-state index is 11.3. The normalized spacial score (nSPS) is 18.1. The summed E-state index contributed by atoms with van der Waals surface area (Å²) in [5.74, 6) is 0.373. The number of allylic oxidation sites excluding steroid dienone is 3. The molecule has 0 bridgehead atoms. The highest BCUT2D eigenvalue weighted by Crippen LogP contribution is 2.13. The third kappa shape index (κ3) is 13.3. The van der Waals surface area contributed by atoms with Gasteiger partial charge in [0.05, 0.1) is 12.6 Å². The summed E-state index contributed by atoms with van der Waals surface area (Å²) in [4.78, 5) is 11.3. The monoisotopic (exact) mass is 269 g/mol. The van der Waals surface area contributed by atoms with Gasteiger partial charge in [-0.15, -0.1) is 0 Å². The van der Waals surface area contributed by atoms with Gasteiger partial charge in [0, 0.05) is 20.1 Å². The van der Waals surface area contributed by atoms with E-state index in [9.17, 15) is 4.79 Å². The molecule has 1 rings (SSSR count). The zero-order valence-electron chi connectivity index (χ0n) is 13.1. The number of ether oxygens (including phenoxy) is 1. The SMILES string of the molecule is C=C/C=C\C.CC.COCCNC1CCCCC1=O. The number of hydrogen-bond donors (Lipinski definition) is 1. The minimum atomic E-state index is 0.105. The van der Waals surface area contributed by atoms with Crippen molar-refractivity contribution in [3.05, 3.63) is 24.8 Å². The Labute approximate surface area is 119 Å². The smallest absolute Gasteiger partial charge is 0.149 e. The lowest BCUT2D eigenvalue weighted by molar-refractivity contribution is -0.122. The van der Waals surface area contributed by atoms with E-state index in [-0.39, 0.29) is 6.04 Å². The summed E-state index contributed by atoms with van der Waals surface area (Å²) in [5.41, 5.74) is 0. The Morgan fingerprint density at radius 2 is 2.11 bits per heavy atom. The van der Waals surface area contributed by atoms with Crippen LogP contribution in [0, 0.1) is 0 Å². The first-order valence-corrected chi connectivity index (χ1v) is 7.25. The first-order valence-electron chi connectivity index (χ1n) is 7.25. The second kappa shape index (κ2) is 17.1. The lowest BCUT2D eigenvalue weighted by Crippen LogP contribution is -2.40. The average molecular weight is 269 g/mol. The van der Waals surface area contributed by atoms with Gasteiger partial charge in [0.25, 0.3) is 0 Å². The van der Waals surface area contributed by atoms with E-state index >= 15 is 0 Å². The first-order chi connectivity index (χ1) is 9.26. The highest BCUT2D eigenvalue weighted by atomic mass is 16.5. The van der Waals surface area contributed by atoms with Crippen molar-refractivity contribution in [3.8, 4) is 0 Å². The Morgan fingerprint density at radius 1 is 1.42 bits per heavy atom. The van der Waals surface area contributed by atoms with Gasteiger partial charge in [-0.05, 0) is 19.8 Å². The van der Waals surface area contributed by atoms with E-state index in [0.29, 0.717) is 12.4 Å². The lowest BCUT2D eigenvalue weighted by Gasteiger charge is -2.21. The third-order valence-corrected chi connectivity index (χ3v) is 2.58. The van der Waals surface area contributed by atoms with Crippen LogP contribution < -0.4 is 5.32 Å². The van der Waals surface area contributed by atoms with Crippen molar-refractivity contribution in [1.82, 2.24) is 5.32 Å². The zero-order chi connectivity index (χ0) is 14.9. The van der Waals surface area contributed by atoms with Crippen LogP contribution in [0.3, 0.4) is 0 Å². The topological polar surface area (TPSA) is 38.3 Å². The minimum absolute atomic E-state index is 0.105. The van der Waals surface area contributed by atoms with Crippen molar-refractivity contribution >= 4 is 5.78 Å². The zero-order valence-corrected chi connectivity index (χ0v) is 13.1. The Hall–Kier alpha value is -0.930. The number of methoxy groups -OCH3 is 1. The molecule has 1 aliphatic rings.